The third-order valence-electron chi connectivity index (χ3n) is 3.25. The standard InChI is InChI=1S/C17H23BrN4O/c1-4-19-17(20-10-13-6-5-7-14(18)8-13)21-11-15-9-16(12(2)3)22-23-15/h5-9,12H,4,10-11H2,1-3H3,(H2,19,20,21). The highest BCUT2D eigenvalue weighted by atomic mass is 79.9. The van der Waals surface area contributed by atoms with Crippen LogP contribution in [0.5, 0.6) is 0 Å². The highest BCUT2D eigenvalue weighted by Gasteiger charge is 2.08. The number of hydrogen-bond acceptors (Lipinski definition) is 3. The molecule has 124 valence electrons. The summed E-state index contributed by atoms with van der Waals surface area (Å²) in [5, 5.41) is 10.6. The maximum atomic E-state index is 5.33. The molecule has 0 spiro atoms. The van der Waals surface area contributed by atoms with Gasteiger partial charge in [0.05, 0.1) is 18.8 Å². The zero-order valence-corrected chi connectivity index (χ0v) is 15.4. The number of aromatic nitrogens is 1. The van der Waals surface area contributed by atoms with Crippen molar-refractivity contribution in [2.45, 2.75) is 39.8 Å². The molecule has 0 aliphatic carbocycles. The van der Waals surface area contributed by atoms with Gasteiger partial charge in [0.1, 0.15) is 0 Å². The second kappa shape index (κ2) is 8.72. The highest BCUT2D eigenvalue weighted by Crippen LogP contribution is 2.14. The lowest BCUT2D eigenvalue weighted by Crippen LogP contribution is -2.36. The Morgan fingerprint density at radius 3 is 2.78 bits per heavy atom. The molecule has 0 radical (unpaired) electrons. The average molecular weight is 379 g/mol. The first-order valence-corrected chi connectivity index (χ1v) is 8.60. The van der Waals surface area contributed by atoms with Crippen molar-refractivity contribution >= 4 is 21.9 Å². The first kappa shape index (κ1) is 17.5. The Morgan fingerprint density at radius 2 is 2.13 bits per heavy atom. The van der Waals surface area contributed by atoms with Gasteiger partial charge >= 0.3 is 0 Å². The topological polar surface area (TPSA) is 62.5 Å². The zero-order valence-electron chi connectivity index (χ0n) is 13.8. The molecule has 0 amide bonds. The summed E-state index contributed by atoms with van der Waals surface area (Å²) < 4.78 is 6.39. The Hall–Kier alpha value is -1.82. The van der Waals surface area contributed by atoms with E-state index in [0.717, 1.165) is 34.0 Å². The number of benzene rings is 1. The minimum absolute atomic E-state index is 0.367. The van der Waals surface area contributed by atoms with Crippen LogP contribution in [0.25, 0.3) is 0 Å². The Morgan fingerprint density at radius 1 is 1.30 bits per heavy atom. The number of rotatable bonds is 6. The van der Waals surface area contributed by atoms with E-state index in [4.69, 9.17) is 4.52 Å². The number of guanidine groups is 1. The molecule has 1 heterocycles. The number of nitrogens with zero attached hydrogens (tertiary/aromatic N) is 2. The molecular formula is C17H23BrN4O. The molecule has 0 aliphatic heterocycles. The van der Waals surface area contributed by atoms with Crippen LogP contribution in [0.1, 0.15) is 43.7 Å². The molecule has 23 heavy (non-hydrogen) atoms. The molecule has 0 saturated carbocycles. The van der Waals surface area contributed by atoms with Gasteiger partial charge in [-0.2, -0.15) is 0 Å². The Kier molecular flexibility index (Phi) is 6.65. The molecule has 2 rings (SSSR count). The third kappa shape index (κ3) is 5.71. The van der Waals surface area contributed by atoms with Crippen LogP contribution in [0, 0.1) is 0 Å². The predicted octanol–water partition coefficient (Wildman–Crippen LogP) is 3.82. The van der Waals surface area contributed by atoms with Crippen LogP contribution in [0.3, 0.4) is 0 Å². The van der Waals surface area contributed by atoms with E-state index in [0.29, 0.717) is 19.0 Å². The quantitative estimate of drug-likeness (QED) is 0.592. The maximum Gasteiger partial charge on any atom is 0.191 e. The molecule has 2 aromatic rings. The van der Waals surface area contributed by atoms with Crippen LogP contribution in [0.4, 0.5) is 0 Å². The van der Waals surface area contributed by atoms with Gasteiger partial charge in [-0.1, -0.05) is 47.1 Å². The largest absolute Gasteiger partial charge is 0.359 e. The van der Waals surface area contributed by atoms with Gasteiger partial charge in [0.15, 0.2) is 11.7 Å². The smallest absolute Gasteiger partial charge is 0.191 e. The lowest BCUT2D eigenvalue weighted by atomic mass is 10.1. The second-order valence-corrected chi connectivity index (χ2v) is 6.47. The normalized spacial score (nSPS) is 11.8. The van der Waals surface area contributed by atoms with E-state index in [-0.39, 0.29) is 0 Å². The van der Waals surface area contributed by atoms with Gasteiger partial charge in [-0.05, 0) is 30.5 Å². The van der Waals surface area contributed by atoms with Crippen molar-refractivity contribution < 1.29 is 4.52 Å². The summed E-state index contributed by atoms with van der Waals surface area (Å²) >= 11 is 3.48. The van der Waals surface area contributed by atoms with Crippen molar-refractivity contribution in [1.82, 2.24) is 15.8 Å². The number of nitrogens with one attached hydrogen (secondary N) is 2. The van der Waals surface area contributed by atoms with Gasteiger partial charge < -0.3 is 15.2 Å². The molecule has 0 aliphatic rings. The molecule has 5 nitrogen and oxygen atoms in total. The highest BCUT2D eigenvalue weighted by molar-refractivity contribution is 9.10. The van der Waals surface area contributed by atoms with Gasteiger partial charge in [-0.15, -0.1) is 0 Å². The molecule has 0 atom stereocenters. The van der Waals surface area contributed by atoms with Crippen molar-refractivity contribution in [1.29, 1.82) is 0 Å². The summed E-state index contributed by atoms with van der Waals surface area (Å²) in [7, 11) is 0. The molecule has 0 bridgehead atoms. The summed E-state index contributed by atoms with van der Waals surface area (Å²) in [5.74, 6) is 1.93. The number of aliphatic imine (C=N–C) groups is 1. The fourth-order valence-electron chi connectivity index (χ4n) is 2.00. The minimum atomic E-state index is 0.367. The van der Waals surface area contributed by atoms with Crippen LogP contribution in [-0.2, 0) is 13.1 Å². The van der Waals surface area contributed by atoms with E-state index >= 15 is 0 Å². The first-order chi connectivity index (χ1) is 11.1. The minimum Gasteiger partial charge on any atom is -0.359 e. The molecule has 1 aromatic carbocycles. The number of hydrogen-bond donors (Lipinski definition) is 2. The Bertz CT molecular complexity index is 652. The van der Waals surface area contributed by atoms with Crippen LogP contribution in [-0.4, -0.2) is 17.7 Å². The van der Waals surface area contributed by atoms with Crippen molar-refractivity contribution in [3.05, 3.63) is 51.8 Å². The molecule has 2 N–H and O–H groups in total. The van der Waals surface area contributed by atoms with Crippen molar-refractivity contribution in [2.75, 3.05) is 6.54 Å². The van der Waals surface area contributed by atoms with Gasteiger partial charge in [0.2, 0.25) is 0 Å². The lowest BCUT2D eigenvalue weighted by molar-refractivity contribution is 0.372. The van der Waals surface area contributed by atoms with E-state index in [1.807, 2.05) is 25.1 Å². The monoisotopic (exact) mass is 378 g/mol. The molecule has 0 unspecified atom stereocenters. The molecule has 0 fully saturated rings. The van der Waals surface area contributed by atoms with Gasteiger partial charge in [-0.25, -0.2) is 4.99 Å². The lowest BCUT2D eigenvalue weighted by Gasteiger charge is -2.10. The SMILES string of the molecule is CCNC(=NCc1cccc(Br)c1)NCc1cc(C(C)C)no1. The van der Waals surface area contributed by atoms with Gasteiger partial charge in [-0.3, -0.25) is 0 Å². The second-order valence-electron chi connectivity index (χ2n) is 5.55. The molecular weight excluding hydrogens is 356 g/mol. The third-order valence-corrected chi connectivity index (χ3v) is 3.75. The predicted molar refractivity (Wildman–Crippen MR) is 96.4 cm³/mol. The summed E-state index contributed by atoms with van der Waals surface area (Å²) in [6, 6.07) is 10.1. The van der Waals surface area contributed by atoms with Crippen LogP contribution in [0.2, 0.25) is 0 Å². The summed E-state index contributed by atoms with van der Waals surface area (Å²) in [6.45, 7) is 8.21. The van der Waals surface area contributed by atoms with Gasteiger partial charge in [0, 0.05) is 17.1 Å². The number of halogens is 1. The van der Waals surface area contributed by atoms with E-state index in [9.17, 15) is 0 Å². The van der Waals surface area contributed by atoms with E-state index in [1.54, 1.807) is 0 Å². The first-order valence-electron chi connectivity index (χ1n) is 7.80. The van der Waals surface area contributed by atoms with Crippen molar-refractivity contribution in [3.63, 3.8) is 0 Å². The van der Waals surface area contributed by atoms with E-state index in [2.05, 4.69) is 62.7 Å². The average Bonchev–Trinajstić information content (AvgIpc) is 2.99. The molecule has 6 heteroatoms. The van der Waals surface area contributed by atoms with Crippen LogP contribution >= 0.6 is 15.9 Å². The van der Waals surface area contributed by atoms with Crippen molar-refractivity contribution in [2.24, 2.45) is 4.99 Å². The molecule has 0 saturated heterocycles. The Balaban J connectivity index is 1.95. The molecule has 1 aromatic heterocycles. The van der Waals surface area contributed by atoms with Crippen LogP contribution < -0.4 is 10.6 Å². The summed E-state index contributed by atoms with van der Waals surface area (Å²) in [4.78, 5) is 4.59. The van der Waals surface area contributed by atoms with E-state index in [1.165, 1.54) is 0 Å². The fraction of sp³-hybridized carbons (Fsp3) is 0.412. The van der Waals surface area contributed by atoms with Gasteiger partial charge in [0.25, 0.3) is 0 Å². The Labute approximate surface area is 145 Å². The zero-order chi connectivity index (χ0) is 16.7. The fourth-order valence-corrected chi connectivity index (χ4v) is 2.45. The van der Waals surface area contributed by atoms with Crippen LogP contribution in [0.15, 0.2) is 44.3 Å². The van der Waals surface area contributed by atoms with E-state index < -0.39 is 0 Å². The summed E-state index contributed by atoms with van der Waals surface area (Å²) in [5.41, 5.74) is 2.12. The van der Waals surface area contributed by atoms with Crippen molar-refractivity contribution in [3.8, 4) is 0 Å². The summed E-state index contributed by atoms with van der Waals surface area (Å²) in [6.07, 6.45) is 0. The maximum absolute atomic E-state index is 5.33.